The van der Waals surface area contributed by atoms with E-state index in [-0.39, 0.29) is 0 Å². The van der Waals surface area contributed by atoms with E-state index in [2.05, 4.69) is 9.97 Å². The summed E-state index contributed by atoms with van der Waals surface area (Å²) in [4.78, 5) is 9.40. The van der Waals surface area contributed by atoms with Crippen molar-refractivity contribution in [3.8, 4) is 0 Å². The Morgan fingerprint density at radius 3 is 2.81 bits per heavy atom. The van der Waals surface area contributed by atoms with Crippen LogP contribution in [0.1, 0.15) is 5.69 Å². The van der Waals surface area contributed by atoms with Crippen molar-refractivity contribution in [1.82, 2.24) is 9.97 Å². The van der Waals surface area contributed by atoms with E-state index in [9.17, 15) is 0 Å². The van der Waals surface area contributed by atoms with Gasteiger partial charge in [0.05, 0.1) is 10.7 Å². The minimum Gasteiger partial charge on any atom is -0.325 e. The maximum Gasteiger partial charge on any atom is 0.192 e. The first-order chi connectivity index (χ1) is 7.79. The van der Waals surface area contributed by atoms with E-state index in [0.29, 0.717) is 16.7 Å². The first kappa shape index (κ1) is 11.4. The van der Waals surface area contributed by atoms with Gasteiger partial charge in [-0.15, -0.1) is 0 Å². The Labute approximate surface area is 103 Å². The average molecular weight is 252 g/mol. The Morgan fingerprint density at radius 1 is 1.25 bits per heavy atom. The summed E-state index contributed by atoms with van der Waals surface area (Å²) in [5.41, 5.74) is 6.34. The molecule has 0 saturated heterocycles. The third-order valence-electron chi connectivity index (χ3n) is 1.94. The molecular weight excluding hydrogens is 242 g/mol. The number of rotatable bonds is 3. The van der Waals surface area contributed by atoms with E-state index in [1.807, 2.05) is 24.3 Å². The van der Waals surface area contributed by atoms with Gasteiger partial charge in [-0.2, -0.15) is 0 Å². The van der Waals surface area contributed by atoms with Crippen LogP contribution in [0, 0.1) is 0 Å². The molecule has 0 radical (unpaired) electrons. The Balaban J connectivity index is 2.24. The van der Waals surface area contributed by atoms with Crippen LogP contribution in [-0.4, -0.2) is 9.97 Å². The molecule has 0 fully saturated rings. The van der Waals surface area contributed by atoms with Gasteiger partial charge in [-0.05, 0) is 30.0 Å². The topological polar surface area (TPSA) is 51.8 Å². The average Bonchev–Trinajstić information content (AvgIpc) is 2.32. The fourth-order valence-corrected chi connectivity index (χ4v) is 2.20. The lowest BCUT2D eigenvalue weighted by Crippen LogP contribution is -2.00. The first-order valence-corrected chi connectivity index (χ1v) is 5.93. The number of halogens is 1. The van der Waals surface area contributed by atoms with E-state index in [0.717, 1.165) is 10.6 Å². The Kier molecular flexibility index (Phi) is 3.77. The second-order valence-electron chi connectivity index (χ2n) is 3.07. The van der Waals surface area contributed by atoms with Gasteiger partial charge < -0.3 is 5.73 Å². The van der Waals surface area contributed by atoms with Crippen LogP contribution in [0.3, 0.4) is 0 Å². The molecule has 0 saturated carbocycles. The standard InChI is InChI=1S/C11H10ClN3S/c12-9-3-1-2-4-10(9)16-11-14-6-5-8(7-13)15-11/h1-6H,7,13H2. The molecule has 2 N–H and O–H groups in total. The van der Waals surface area contributed by atoms with Crippen LogP contribution in [0.2, 0.25) is 5.02 Å². The second kappa shape index (κ2) is 5.30. The number of benzene rings is 1. The number of nitrogens with zero attached hydrogens (tertiary/aromatic N) is 2. The van der Waals surface area contributed by atoms with Gasteiger partial charge in [0.1, 0.15) is 0 Å². The van der Waals surface area contributed by atoms with E-state index >= 15 is 0 Å². The largest absolute Gasteiger partial charge is 0.325 e. The van der Waals surface area contributed by atoms with Crippen LogP contribution in [0.15, 0.2) is 46.6 Å². The smallest absolute Gasteiger partial charge is 0.192 e. The molecule has 3 nitrogen and oxygen atoms in total. The highest BCUT2D eigenvalue weighted by atomic mass is 35.5. The number of aromatic nitrogens is 2. The number of hydrogen-bond acceptors (Lipinski definition) is 4. The van der Waals surface area contributed by atoms with Crippen molar-refractivity contribution >= 4 is 23.4 Å². The van der Waals surface area contributed by atoms with Gasteiger partial charge in [0.25, 0.3) is 0 Å². The highest BCUT2D eigenvalue weighted by molar-refractivity contribution is 7.99. The number of nitrogens with two attached hydrogens (primary N) is 1. The van der Waals surface area contributed by atoms with E-state index in [4.69, 9.17) is 17.3 Å². The normalized spacial score (nSPS) is 10.4. The van der Waals surface area contributed by atoms with Gasteiger partial charge in [0.15, 0.2) is 5.16 Å². The molecule has 1 heterocycles. The summed E-state index contributed by atoms with van der Waals surface area (Å²) in [5.74, 6) is 0. The van der Waals surface area contributed by atoms with E-state index < -0.39 is 0 Å². The highest BCUT2D eigenvalue weighted by Gasteiger charge is 2.04. The molecule has 0 unspecified atom stereocenters. The van der Waals surface area contributed by atoms with Crippen LogP contribution in [0.5, 0.6) is 0 Å². The molecule has 16 heavy (non-hydrogen) atoms. The third kappa shape index (κ3) is 2.72. The van der Waals surface area contributed by atoms with Gasteiger partial charge in [0, 0.05) is 17.6 Å². The monoisotopic (exact) mass is 251 g/mol. The maximum atomic E-state index is 6.05. The van der Waals surface area contributed by atoms with Crippen LogP contribution in [-0.2, 0) is 6.54 Å². The molecular formula is C11H10ClN3S. The van der Waals surface area contributed by atoms with Crippen LogP contribution in [0.25, 0.3) is 0 Å². The predicted molar refractivity (Wildman–Crippen MR) is 65.5 cm³/mol. The second-order valence-corrected chi connectivity index (χ2v) is 4.48. The Hall–Kier alpha value is -1.10. The maximum absolute atomic E-state index is 6.05. The molecule has 0 atom stereocenters. The van der Waals surface area contributed by atoms with Crippen molar-refractivity contribution in [2.45, 2.75) is 16.6 Å². The van der Waals surface area contributed by atoms with Crippen molar-refractivity contribution in [2.75, 3.05) is 0 Å². The summed E-state index contributed by atoms with van der Waals surface area (Å²) in [6.07, 6.45) is 1.70. The molecule has 2 aromatic rings. The fraction of sp³-hybridized carbons (Fsp3) is 0.0909. The lowest BCUT2D eigenvalue weighted by molar-refractivity contribution is 0.874. The minimum atomic E-state index is 0.415. The fourth-order valence-electron chi connectivity index (χ4n) is 1.16. The summed E-state index contributed by atoms with van der Waals surface area (Å²) < 4.78 is 0. The molecule has 0 spiro atoms. The van der Waals surface area contributed by atoms with Crippen LogP contribution in [0.4, 0.5) is 0 Å². The van der Waals surface area contributed by atoms with Crippen LogP contribution < -0.4 is 5.73 Å². The van der Waals surface area contributed by atoms with Crippen molar-refractivity contribution in [1.29, 1.82) is 0 Å². The number of hydrogen-bond donors (Lipinski definition) is 1. The van der Waals surface area contributed by atoms with Gasteiger partial charge in [0.2, 0.25) is 0 Å². The summed E-state index contributed by atoms with van der Waals surface area (Å²) in [5, 5.41) is 1.37. The van der Waals surface area contributed by atoms with Gasteiger partial charge in [-0.1, -0.05) is 23.7 Å². The zero-order valence-electron chi connectivity index (χ0n) is 8.43. The first-order valence-electron chi connectivity index (χ1n) is 4.74. The SMILES string of the molecule is NCc1ccnc(Sc2ccccc2Cl)n1. The Bertz CT molecular complexity index is 490. The lowest BCUT2D eigenvalue weighted by Gasteiger charge is -2.03. The van der Waals surface area contributed by atoms with Crippen molar-refractivity contribution in [3.05, 3.63) is 47.2 Å². The molecule has 82 valence electrons. The summed E-state index contributed by atoms with van der Waals surface area (Å²) >= 11 is 7.48. The molecule has 1 aromatic heterocycles. The summed E-state index contributed by atoms with van der Waals surface area (Å²) in [7, 11) is 0. The molecule has 5 heteroatoms. The zero-order chi connectivity index (χ0) is 11.4. The van der Waals surface area contributed by atoms with E-state index in [1.165, 1.54) is 11.8 Å². The minimum absolute atomic E-state index is 0.415. The molecule has 0 aliphatic carbocycles. The van der Waals surface area contributed by atoms with Gasteiger partial charge in [-0.3, -0.25) is 0 Å². The molecule has 0 aliphatic heterocycles. The van der Waals surface area contributed by atoms with Crippen molar-refractivity contribution in [3.63, 3.8) is 0 Å². The lowest BCUT2D eigenvalue weighted by atomic mass is 10.4. The highest BCUT2D eigenvalue weighted by Crippen LogP contribution is 2.30. The predicted octanol–water partition coefficient (Wildman–Crippen LogP) is 2.74. The zero-order valence-corrected chi connectivity index (χ0v) is 10.0. The molecule has 1 aromatic carbocycles. The molecule has 0 aliphatic rings. The summed E-state index contributed by atoms with van der Waals surface area (Å²) in [6.45, 7) is 0.415. The van der Waals surface area contributed by atoms with Crippen molar-refractivity contribution < 1.29 is 0 Å². The van der Waals surface area contributed by atoms with Crippen molar-refractivity contribution in [2.24, 2.45) is 5.73 Å². The summed E-state index contributed by atoms with van der Waals surface area (Å²) in [6, 6.07) is 9.41. The van der Waals surface area contributed by atoms with Crippen LogP contribution >= 0.6 is 23.4 Å². The van der Waals surface area contributed by atoms with Gasteiger partial charge >= 0.3 is 0 Å². The van der Waals surface area contributed by atoms with Gasteiger partial charge in [-0.25, -0.2) is 9.97 Å². The quantitative estimate of drug-likeness (QED) is 0.853. The molecule has 2 rings (SSSR count). The third-order valence-corrected chi connectivity index (χ3v) is 3.34. The Morgan fingerprint density at radius 2 is 2.06 bits per heavy atom. The van der Waals surface area contributed by atoms with E-state index in [1.54, 1.807) is 12.3 Å². The molecule has 0 bridgehead atoms. The molecule has 0 amide bonds.